The summed E-state index contributed by atoms with van der Waals surface area (Å²) >= 11 is 3.47. The predicted molar refractivity (Wildman–Crippen MR) is 80.9 cm³/mol. The highest BCUT2D eigenvalue weighted by atomic mass is 79.9. The SMILES string of the molecule is CCCCCCCC(=O)Nc1cccc(Br)c1C. The molecular weight excluding hydrogens is 290 g/mol. The van der Waals surface area contributed by atoms with Crippen LogP contribution in [0.5, 0.6) is 0 Å². The number of hydrogen-bond donors (Lipinski definition) is 1. The van der Waals surface area contributed by atoms with Gasteiger partial charge >= 0.3 is 0 Å². The highest BCUT2D eigenvalue weighted by molar-refractivity contribution is 9.10. The van der Waals surface area contributed by atoms with Gasteiger partial charge in [0.15, 0.2) is 0 Å². The molecule has 18 heavy (non-hydrogen) atoms. The van der Waals surface area contributed by atoms with Crippen LogP contribution in [-0.4, -0.2) is 5.91 Å². The third kappa shape index (κ3) is 5.21. The van der Waals surface area contributed by atoms with Crippen LogP contribution in [0.25, 0.3) is 0 Å². The quantitative estimate of drug-likeness (QED) is 0.701. The van der Waals surface area contributed by atoms with E-state index in [1.165, 1.54) is 19.3 Å². The largest absolute Gasteiger partial charge is 0.326 e. The highest BCUT2D eigenvalue weighted by Crippen LogP contribution is 2.23. The molecule has 1 aromatic rings. The van der Waals surface area contributed by atoms with Crippen LogP contribution in [0, 0.1) is 6.92 Å². The molecule has 0 aliphatic carbocycles. The zero-order valence-corrected chi connectivity index (χ0v) is 12.8. The van der Waals surface area contributed by atoms with Crippen LogP contribution in [0.15, 0.2) is 22.7 Å². The average Bonchev–Trinajstić information content (AvgIpc) is 2.35. The van der Waals surface area contributed by atoms with Crippen LogP contribution in [0.4, 0.5) is 5.69 Å². The number of benzene rings is 1. The van der Waals surface area contributed by atoms with Crippen LogP contribution in [-0.2, 0) is 4.79 Å². The van der Waals surface area contributed by atoms with Crippen LogP contribution in [0.1, 0.15) is 51.0 Å². The van der Waals surface area contributed by atoms with E-state index in [0.717, 1.165) is 28.6 Å². The normalized spacial score (nSPS) is 10.4. The predicted octanol–water partition coefficient (Wildman–Crippen LogP) is 5.06. The molecule has 0 bridgehead atoms. The van der Waals surface area contributed by atoms with Gasteiger partial charge < -0.3 is 5.32 Å². The molecule has 1 rings (SSSR count). The van der Waals surface area contributed by atoms with Gasteiger partial charge in [-0.2, -0.15) is 0 Å². The molecule has 3 heteroatoms. The van der Waals surface area contributed by atoms with Crippen molar-refractivity contribution < 1.29 is 4.79 Å². The van der Waals surface area contributed by atoms with Crippen molar-refractivity contribution in [1.82, 2.24) is 0 Å². The summed E-state index contributed by atoms with van der Waals surface area (Å²) in [5.41, 5.74) is 1.99. The molecule has 0 spiro atoms. The van der Waals surface area contributed by atoms with Crippen LogP contribution < -0.4 is 5.32 Å². The lowest BCUT2D eigenvalue weighted by atomic mass is 10.1. The Morgan fingerprint density at radius 3 is 2.67 bits per heavy atom. The molecular formula is C15H22BrNO. The zero-order valence-electron chi connectivity index (χ0n) is 11.3. The Morgan fingerprint density at radius 1 is 1.22 bits per heavy atom. The van der Waals surface area contributed by atoms with E-state index >= 15 is 0 Å². The Bertz CT molecular complexity index is 390. The maximum Gasteiger partial charge on any atom is 0.224 e. The van der Waals surface area contributed by atoms with Gasteiger partial charge in [-0.1, -0.05) is 54.6 Å². The van der Waals surface area contributed by atoms with Gasteiger partial charge in [0.2, 0.25) is 5.91 Å². The Labute approximate surface area is 118 Å². The molecule has 0 aliphatic heterocycles. The minimum absolute atomic E-state index is 0.118. The molecule has 1 amide bonds. The first-order valence-electron chi connectivity index (χ1n) is 6.70. The lowest BCUT2D eigenvalue weighted by molar-refractivity contribution is -0.116. The lowest BCUT2D eigenvalue weighted by Gasteiger charge is -2.09. The number of carbonyl (C=O) groups is 1. The van der Waals surface area contributed by atoms with Gasteiger partial charge in [-0.15, -0.1) is 0 Å². The molecule has 0 saturated heterocycles. The number of carbonyl (C=O) groups excluding carboxylic acids is 1. The molecule has 100 valence electrons. The second-order valence-corrected chi connectivity index (χ2v) is 5.48. The summed E-state index contributed by atoms with van der Waals surface area (Å²) in [7, 11) is 0. The van der Waals surface area contributed by atoms with E-state index in [4.69, 9.17) is 0 Å². The van der Waals surface area contributed by atoms with Gasteiger partial charge in [0, 0.05) is 16.6 Å². The van der Waals surface area contributed by atoms with Gasteiger partial charge in [-0.05, 0) is 31.0 Å². The van der Waals surface area contributed by atoms with Gasteiger partial charge in [0.25, 0.3) is 0 Å². The second-order valence-electron chi connectivity index (χ2n) is 4.62. The third-order valence-electron chi connectivity index (χ3n) is 3.05. The molecule has 0 atom stereocenters. The summed E-state index contributed by atoms with van der Waals surface area (Å²) in [4.78, 5) is 11.8. The third-order valence-corrected chi connectivity index (χ3v) is 3.91. The van der Waals surface area contributed by atoms with Gasteiger partial charge in [0.05, 0.1) is 0 Å². The summed E-state index contributed by atoms with van der Waals surface area (Å²) in [5, 5.41) is 2.97. The van der Waals surface area contributed by atoms with Crippen LogP contribution in [0.2, 0.25) is 0 Å². The number of anilines is 1. The maximum atomic E-state index is 11.8. The fourth-order valence-corrected chi connectivity index (χ4v) is 2.21. The summed E-state index contributed by atoms with van der Waals surface area (Å²) in [6.07, 6.45) is 6.50. The maximum absolute atomic E-state index is 11.8. The molecule has 0 unspecified atom stereocenters. The van der Waals surface area contributed by atoms with Crippen molar-refractivity contribution in [3.63, 3.8) is 0 Å². The van der Waals surface area contributed by atoms with Crippen molar-refractivity contribution in [2.45, 2.75) is 52.4 Å². The van der Waals surface area contributed by atoms with E-state index in [-0.39, 0.29) is 5.91 Å². The smallest absolute Gasteiger partial charge is 0.224 e. The molecule has 1 aromatic carbocycles. The molecule has 0 fully saturated rings. The van der Waals surface area contributed by atoms with Crippen molar-refractivity contribution in [2.24, 2.45) is 0 Å². The molecule has 2 nitrogen and oxygen atoms in total. The fourth-order valence-electron chi connectivity index (χ4n) is 1.84. The van der Waals surface area contributed by atoms with Crippen molar-refractivity contribution >= 4 is 27.5 Å². The Hall–Kier alpha value is -0.830. The van der Waals surface area contributed by atoms with E-state index in [1.54, 1.807) is 0 Å². The first kappa shape index (κ1) is 15.2. The van der Waals surface area contributed by atoms with Crippen LogP contribution >= 0.6 is 15.9 Å². The van der Waals surface area contributed by atoms with E-state index in [2.05, 4.69) is 28.2 Å². The average molecular weight is 312 g/mol. The molecule has 0 radical (unpaired) electrons. The zero-order chi connectivity index (χ0) is 13.4. The summed E-state index contributed by atoms with van der Waals surface area (Å²) in [5.74, 6) is 0.118. The van der Waals surface area contributed by atoms with E-state index in [9.17, 15) is 4.79 Å². The van der Waals surface area contributed by atoms with Gasteiger partial charge in [0.1, 0.15) is 0 Å². The van der Waals surface area contributed by atoms with Gasteiger partial charge in [-0.3, -0.25) is 4.79 Å². The van der Waals surface area contributed by atoms with E-state index < -0.39 is 0 Å². The van der Waals surface area contributed by atoms with Gasteiger partial charge in [-0.25, -0.2) is 0 Å². The van der Waals surface area contributed by atoms with E-state index in [1.807, 2.05) is 25.1 Å². The molecule has 1 N–H and O–H groups in total. The van der Waals surface area contributed by atoms with Crippen molar-refractivity contribution in [3.8, 4) is 0 Å². The van der Waals surface area contributed by atoms with Crippen molar-refractivity contribution in [3.05, 3.63) is 28.2 Å². The molecule has 0 aromatic heterocycles. The Kier molecular flexibility index (Phi) is 7.02. The highest BCUT2D eigenvalue weighted by Gasteiger charge is 2.06. The number of nitrogens with one attached hydrogen (secondary N) is 1. The first-order valence-corrected chi connectivity index (χ1v) is 7.49. The second kappa shape index (κ2) is 8.30. The number of hydrogen-bond acceptors (Lipinski definition) is 1. The Balaban J connectivity index is 2.34. The standard InChI is InChI=1S/C15H22BrNO/c1-3-4-5-6-7-11-15(18)17-14-10-8-9-13(16)12(14)2/h8-10H,3-7,11H2,1-2H3,(H,17,18). The fraction of sp³-hybridized carbons (Fsp3) is 0.533. The van der Waals surface area contributed by atoms with E-state index in [0.29, 0.717) is 6.42 Å². The molecule has 0 aliphatic rings. The van der Waals surface area contributed by atoms with Crippen molar-refractivity contribution in [2.75, 3.05) is 5.32 Å². The summed E-state index contributed by atoms with van der Waals surface area (Å²) in [6.45, 7) is 4.20. The van der Waals surface area contributed by atoms with Crippen molar-refractivity contribution in [1.29, 1.82) is 0 Å². The lowest BCUT2D eigenvalue weighted by Crippen LogP contribution is -2.12. The summed E-state index contributed by atoms with van der Waals surface area (Å²) < 4.78 is 1.03. The molecule has 0 saturated carbocycles. The molecule has 0 heterocycles. The monoisotopic (exact) mass is 311 g/mol. The number of rotatable bonds is 7. The Morgan fingerprint density at radius 2 is 1.94 bits per heavy atom. The first-order chi connectivity index (χ1) is 8.65. The minimum atomic E-state index is 0.118. The van der Waals surface area contributed by atoms with Crippen LogP contribution in [0.3, 0.4) is 0 Å². The number of halogens is 1. The number of amides is 1. The summed E-state index contributed by atoms with van der Waals surface area (Å²) in [6, 6.07) is 5.86. The minimum Gasteiger partial charge on any atom is -0.326 e. The number of unbranched alkanes of at least 4 members (excludes halogenated alkanes) is 4. The topological polar surface area (TPSA) is 29.1 Å².